The molecule has 1 aromatic carbocycles. The number of carbonyl (C=O) groups is 1. The fourth-order valence-corrected chi connectivity index (χ4v) is 2.49. The van der Waals surface area contributed by atoms with Crippen molar-refractivity contribution in [1.82, 2.24) is 5.32 Å². The van der Waals surface area contributed by atoms with E-state index in [4.69, 9.17) is 0 Å². The molecule has 0 bridgehead atoms. The Labute approximate surface area is 111 Å². The third kappa shape index (κ3) is 3.23. The molecule has 0 unspecified atom stereocenters. The average molecular weight is 260 g/mol. The van der Waals surface area contributed by atoms with E-state index in [2.05, 4.69) is 10.3 Å². The van der Waals surface area contributed by atoms with Crippen LogP contribution in [-0.2, 0) is 0 Å². The molecule has 0 radical (unpaired) electrons. The van der Waals surface area contributed by atoms with Crippen LogP contribution in [0.2, 0.25) is 0 Å². The van der Waals surface area contributed by atoms with Crippen molar-refractivity contribution in [2.24, 2.45) is 4.99 Å². The molecule has 0 saturated heterocycles. The number of carbonyl (C=O) groups excluding carboxylic acids is 1. The Morgan fingerprint density at radius 1 is 1.28 bits per heavy atom. The zero-order valence-corrected chi connectivity index (χ0v) is 11.5. The third-order valence-corrected chi connectivity index (χ3v) is 3.27. The number of thioether (sulfide) groups is 1. The quantitative estimate of drug-likeness (QED) is 0.843. The maximum atomic E-state index is 12.0. The minimum atomic E-state index is -0.249. The number of benzene rings is 1. The molecule has 94 valence electrons. The van der Waals surface area contributed by atoms with E-state index in [0.29, 0.717) is 10.7 Å². The molecule has 1 heterocycles. The molecule has 1 aliphatic rings. The summed E-state index contributed by atoms with van der Waals surface area (Å²) in [6, 6.07) is 7.49. The highest BCUT2D eigenvalue weighted by Gasteiger charge is 2.19. The van der Waals surface area contributed by atoms with Crippen molar-refractivity contribution in [2.45, 2.75) is 26.3 Å². The number of aliphatic imine (C=N–C) groups is 1. The lowest BCUT2D eigenvalue weighted by molar-refractivity contribution is 0.0978. The molecule has 1 amide bonds. The minimum Gasteiger partial charge on any atom is -0.301 e. The van der Waals surface area contributed by atoms with Gasteiger partial charge in [-0.05, 0) is 38.3 Å². The maximum Gasteiger partial charge on any atom is 0.257 e. The molecule has 0 saturated carbocycles. The second-order valence-corrected chi connectivity index (χ2v) is 5.71. The lowest BCUT2D eigenvalue weighted by atomic mass is 10.1. The summed E-state index contributed by atoms with van der Waals surface area (Å²) in [5.41, 5.74) is 1.54. The second-order valence-electron chi connectivity index (χ2n) is 4.81. The first-order valence-electron chi connectivity index (χ1n) is 5.78. The van der Waals surface area contributed by atoms with Crippen LogP contribution >= 0.6 is 11.8 Å². The first kappa shape index (κ1) is 12.9. The molecule has 18 heavy (non-hydrogen) atoms. The van der Waals surface area contributed by atoms with Crippen LogP contribution in [0.25, 0.3) is 0 Å². The van der Waals surface area contributed by atoms with Gasteiger partial charge < -0.3 is 5.32 Å². The molecule has 0 aliphatic carbocycles. The molecule has 0 atom stereocenters. The molecule has 3 nitrogen and oxygen atoms in total. The Balaban J connectivity index is 2.08. The van der Waals surface area contributed by atoms with Gasteiger partial charge in [0.25, 0.3) is 5.91 Å². The number of rotatable bonds is 1. The largest absolute Gasteiger partial charge is 0.301 e. The predicted octanol–water partition coefficient (Wildman–Crippen LogP) is 3.12. The van der Waals surface area contributed by atoms with E-state index in [9.17, 15) is 4.79 Å². The summed E-state index contributed by atoms with van der Waals surface area (Å²) in [5.74, 6) is -0.118. The van der Waals surface area contributed by atoms with Crippen LogP contribution in [0.4, 0.5) is 0 Å². The number of amides is 1. The van der Waals surface area contributed by atoms with Crippen LogP contribution in [0.5, 0.6) is 0 Å². The Bertz CT molecular complexity index is 515. The molecule has 0 aromatic heterocycles. The van der Waals surface area contributed by atoms with Gasteiger partial charge in [-0.25, -0.2) is 0 Å². The number of nitrogens with one attached hydrogen (secondary N) is 1. The van der Waals surface area contributed by atoms with Crippen molar-refractivity contribution in [2.75, 3.05) is 0 Å². The van der Waals surface area contributed by atoms with Crippen molar-refractivity contribution in [3.05, 3.63) is 46.9 Å². The lowest BCUT2D eigenvalue weighted by Gasteiger charge is -2.20. The van der Waals surface area contributed by atoms with Gasteiger partial charge in [0.2, 0.25) is 0 Å². The molecule has 0 fully saturated rings. The Hall–Kier alpha value is -1.55. The summed E-state index contributed by atoms with van der Waals surface area (Å²) < 4.78 is 0. The maximum absolute atomic E-state index is 12.0. The average Bonchev–Trinajstić information content (AvgIpc) is 2.28. The van der Waals surface area contributed by atoms with Gasteiger partial charge in [0.1, 0.15) is 0 Å². The summed E-state index contributed by atoms with van der Waals surface area (Å²) in [5, 5.41) is 5.44. The molecule has 0 spiro atoms. The van der Waals surface area contributed by atoms with Gasteiger partial charge in [-0.3, -0.25) is 9.79 Å². The number of nitrogens with zero attached hydrogens (tertiary/aromatic N) is 1. The number of aryl methyl sites for hydroxylation is 1. The van der Waals surface area contributed by atoms with E-state index in [1.807, 2.05) is 56.5 Å². The van der Waals surface area contributed by atoms with Crippen LogP contribution in [-0.4, -0.2) is 16.6 Å². The molecule has 2 rings (SSSR count). The fourth-order valence-electron chi connectivity index (χ4n) is 1.52. The molecular weight excluding hydrogens is 244 g/mol. The van der Waals surface area contributed by atoms with Gasteiger partial charge in [-0.1, -0.05) is 35.5 Å². The number of hydrogen-bond acceptors (Lipinski definition) is 3. The van der Waals surface area contributed by atoms with Crippen molar-refractivity contribution in [3.63, 3.8) is 0 Å². The van der Waals surface area contributed by atoms with E-state index in [-0.39, 0.29) is 11.4 Å². The highest BCUT2D eigenvalue weighted by molar-refractivity contribution is 8.16. The van der Waals surface area contributed by atoms with Crippen LogP contribution in [0.15, 0.2) is 40.7 Å². The van der Waals surface area contributed by atoms with Crippen LogP contribution in [0.3, 0.4) is 0 Å². The standard InChI is InChI=1S/C14H16N2OS/c1-10-4-6-11(7-5-10)12(17)15-13-16-14(2,3)8-9-18-13/h4-9H,1-3H3,(H,15,16,17). The highest BCUT2D eigenvalue weighted by Crippen LogP contribution is 2.22. The normalized spacial score (nSPS) is 17.2. The van der Waals surface area contributed by atoms with Gasteiger partial charge >= 0.3 is 0 Å². The second kappa shape index (κ2) is 4.98. The first-order valence-corrected chi connectivity index (χ1v) is 6.66. The van der Waals surface area contributed by atoms with Gasteiger partial charge in [-0.15, -0.1) is 0 Å². The summed E-state index contributed by atoms with van der Waals surface area (Å²) in [6.07, 6.45) is 2.01. The smallest absolute Gasteiger partial charge is 0.257 e. The minimum absolute atomic E-state index is 0.118. The fraction of sp³-hybridized carbons (Fsp3) is 0.286. The van der Waals surface area contributed by atoms with Crippen LogP contribution in [0.1, 0.15) is 29.8 Å². The van der Waals surface area contributed by atoms with E-state index in [1.165, 1.54) is 11.8 Å². The Morgan fingerprint density at radius 2 is 1.94 bits per heavy atom. The number of amidine groups is 1. The predicted molar refractivity (Wildman–Crippen MR) is 76.9 cm³/mol. The number of hydrogen-bond donors (Lipinski definition) is 1. The Kier molecular flexibility index (Phi) is 3.57. The molecule has 1 aliphatic heterocycles. The van der Waals surface area contributed by atoms with Crippen LogP contribution < -0.4 is 5.32 Å². The van der Waals surface area contributed by atoms with Crippen molar-refractivity contribution >= 4 is 22.8 Å². The van der Waals surface area contributed by atoms with Crippen LogP contribution in [0, 0.1) is 6.92 Å². The van der Waals surface area contributed by atoms with Gasteiger partial charge in [0.05, 0.1) is 5.54 Å². The van der Waals surface area contributed by atoms with Gasteiger partial charge in [0.15, 0.2) is 5.17 Å². The van der Waals surface area contributed by atoms with E-state index >= 15 is 0 Å². The van der Waals surface area contributed by atoms with E-state index in [1.54, 1.807) is 0 Å². The molecular formula is C14H16N2OS. The third-order valence-electron chi connectivity index (χ3n) is 2.58. The summed E-state index contributed by atoms with van der Waals surface area (Å²) >= 11 is 1.43. The lowest BCUT2D eigenvalue weighted by Crippen LogP contribution is -2.32. The van der Waals surface area contributed by atoms with Gasteiger partial charge in [-0.2, -0.15) is 0 Å². The topological polar surface area (TPSA) is 41.5 Å². The molecule has 4 heteroatoms. The highest BCUT2D eigenvalue weighted by atomic mass is 32.2. The summed E-state index contributed by atoms with van der Waals surface area (Å²) in [4.78, 5) is 16.5. The summed E-state index contributed by atoms with van der Waals surface area (Å²) in [7, 11) is 0. The van der Waals surface area contributed by atoms with E-state index in [0.717, 1.165) is 5.56 Å². The zero-order valence-electron chi connectivity index (χ0n) is 10.7. The van der Waals surface area contributed by atoms with Crippen molar-refractivity contribution in [3.8, 4) is 0 Å². The van der Waals surface area contributed by atoms with Crippen molar-refractivity contribution in [1.29, 1.82) is 0 Å². The van der Waals surface area contributed by atoms with E-state index < -0.39 is 0 Å². The molecule has 1 N–H and O–H groups in total. The Morgan fingerprint density at radius 3 is 2.56 bits per heavy atom. The first-order chi connectivity index (χ1) is 8.46. The zero-order chi connectivity index (χ0) is 13.2. The van der Waals surface area contributed by atoms with Gasteiger partial charge in [0, 0.05) is 5.56 Å². The molecule has 1 aromatic rings. The monoisotopic (exact) mass is 260 g/mol. The van der Waals surface area contributed by atoms with Crippen molar-refractivity contribution < 1.29 is 4.79 Å². The summed E-state index contributed by atoms with van der Waals surface area (Å²) in [6.45, 7) is 6.00. The SMILES string of the molecule is Cc1ccc(C(=O)NC2=NC(C)(C)C=CS2)cc1.